The van der Waals surface area contributed by atoms with Gasteiger partial charge in [-0.2, -0.15) is 0 Å². The van der Waals surface area contributed by atoms with Crippen LogP contribution in [0, 0.1) is 0 Å². The summed E-state index contributed by atoms with van der Waals surface area (Å²) in [6, 6.07) is 1.52. The maximum Gasteiger partial charge on any atom is 0.339 e. The van der Waals surface area contributed by atoms with Crippen LogP contribution in [0.3, 0.4) is 0 Å². The molecule has 0 spiro atoms. The van der Waals surface area contributed by atoms with Crippen LogP contribution in [0.4, 0.5) is 9.57 Å². The molecule has 5 nitrogen and oxygen atoms in total. The van der Waals surface area contributed by atoms with E-state index in [0.717, 1.165) is 10.2 Å². The number of carbonyl (C=O) groups is 1. The third-order valence-electron chi connectivity index (χ3n) is 2.03. The lowest BCUT2D eigenvalue weighted by Crippen LogP contribution is -2.03. The van der Waals surface area contributed by atoms with Gasteiger partial charge in [0.2, 0.25) is 0 Å². The van der Waals surface area contributed by atoms with E-state index in [1.807, 2.05) is 0 Å². The monoisotopic (exact) mass is 227 g/mol. The Morgan fingerprint density at radius 1 is 1.67 bits per heavy atom. The number of carboxylic acids is 1. The van der Waals surface area contributed by atoms with E-state index in [1.54, 1.807) is 0 Å². The quantitative estimate of drug-likeness (QED) is 0.816. The van der Waals surface area contributed by atoms with Gasteiger partial charge < -0.3 is 10.8 Å². The molecule has 0 amide bonds. The molecule has 7 heteroatoms. The zero-order valence-electron chi connectivity index (χ0n) is 7.35. The van der Waals surface area contributed by atoms with Crippen LogP contribution in [0.25, 0.3) is 11.0 Å². The van der Waals surface area contributed by atoms with Crippen LogP contribution in [0.1, 0.15) is 10.4 Å². The van der Waals surface area contributed by atoms with Gasteiger partial charge in [0.1, 0.15) is 5.56 Å². The Kier molecular flexibility index (Phi) is 2.24. The van der Waals surface area contributed by atoms with Crippen LogP contribution < -0.4 is 5.73 Å². The van der Waals surface area contributed by atoms with Crippen molar-refractivity contribution in [3.63, 3.8) is 0 Å². The largest absolute Gasteiger partial charge is 0.478 e. The predicted molar refractivity (Wildman–Crippen MR) is 55.2 cm³/mol. The summed E-state index contributed by atoms with van der Waals surface area (Å²) in [7, 11) is 0. The SMILES string of the molecule is Nc1c(C(=O)O)cnc2c1ccn2SF. The number of carboxylic acid groups (broad SMARTS) is 1. The molecule has 0 saturated carbocycles. The minimum absolute atomic E-state index is 0.0209. The van der Waals surface area contributed by atoms with Gasteiger partial charge in [0.05, 0.1) is 5.69 Å². The Morgan fingerprint density at radius 3 is 3.00 bits per heavy atom. The number of pyridine rings is 1. The van der Waals surface area contributed by atoms with Crippen molar-refractivity contribution in [2.45, 2.75) is 0 Å². The zero-order chi connectivity index (χ0) is 11.0. The number of nitrogens with two attached hydrogens (primary N) is 1. The minimum Gasteiger partial charge on any atom is -0.478 e. The fourth-order valence-electron chi connectivity index (χ4n) is 1.31. The molecule has 0 saturated heterocycles. The number of hydrogen-bond acceptors (Lipinski definition) is 4. The maximum absolute atomic E-state index is 12.4. The van der Waals surface area contributed by atoms with Crippen LogP contribution >= 0.6 is 12.3 Å². The van der Waals surface area contributed by atoms with Gasteiger partial charge in [-0.15, -0.1) is 3.89 Å². The molecule has 2 heterocycles. The zero-order valence-corrected chi connectivity index (χ0v) is 8.16. The summed E-state index contributed by atoms with van der Waals surface area (Å²) in [5.74, 6) is -1.15. The van der Waals surface area contributed by atoms with Crippen molar-refractivity contribution >= 4 is 35.0 Å². The van der Waals surface area contributed by atoms with Crippen molar-refractivity contribution in [1.29, 1.82) is 0 Å². The van der Waals surface area contributed by atoms with Crippen molar-refractivity contribution in [3.05, 3.63) is 24.0 Å². The first-order valence-electron chi connectivity index (χ1n) is 3.93. The summed E-state index contributed by atoms with van der Waals surface area (Å²) in [6.45, 7) is 0. The maximum atomic E-state index is 12.4. The van der Waals surface area contributed by atoms with Crippen molar-refractivity contribution in [3.8, 4) is 0 Å². The number of nitrogen functional groups attached to an aromatic ring is 1. The molecule has 2 aromatic heterocycles. The summed E-state index contributed by atoms with van der Waals surface area (Å²) < 4.78 is 13.5. The molecule has 15 heavy (non-hydrogen) atoms. The number of hydrogen-bond donors (Lipinski definition) is 2. The molecule has 0 aliphatic heterocycles. The van der Waals surface area contributed by atoms with Crippen LogP contribution in [0.2, 0.25) is 0 Å². The molecule has 2 aromatic rings. The van der Waals surface area contributed by atoms with Gasteiger partial charge in [-0.1, -0.05) is 0 Å². The lowest BCUT2D eigenvalue weighted by molar-refractivity contribution is 0.0698. The van der Waals surface area contributed by atoms with Gasteiger partial charge >= 0.3 is 5.97 Å². The van der Waals surface area contributed by atoms with Crippen LogP contribution in [-0.4, -0.2) is 20.0 Å². The number of fused-ring (bicyclic) bond motifs is 1. The van der Waals surface area contributed by atoms with E-state index in [1.165, 1.54) is 12.3 Å². The molecule has 3 N–H and O–H groups in total. The Labute approximate surface area is 88.1 Å². The van der Waals surface area contributed by atoms with Gasteiger partial charge in [-0.25, -0.2) is 13.8 Å². The summed E-state index contributed by atoms with van der Waals surface area (Å²) in [5, 5.41) is 9.21. The summed E-state index contributed by atoms with van der Waals surface area (Å²) >= 11 is -0.0209. The molecule has 0 atom stereocenters. The summed E-state index contributed by atoms with van der Waals surface area (Å²) in [4.78, 5) is 14.6. The van der Waals surface area contributed by atoms with Gasteiger partial charge in [-0.3, -0.25) is 0 Å². The molecule has 0 bridgehead atoms. The van der Waals surface area contributed by atoms with Crippen LogP contribution in [0.15, 0.2) is 18.5 Å². The van der Waals surface area contributed by atoms with Gasteiger partial charge in [-0.05, 0) is 6.07 Å². The van der Waals surface area contributed by atoms with E-state index < -0.39 is 5.97 Å². The second-order valence-corrected chi connectivity index (χ2v) is 3.37. The summed E-state index contributed by atoms with van der Waals surface area (Å²) in [6.07, 6.45) is 2.55. The average Bonchev–Trinajstić information content (AvgIpc) is 2.61. The number of aromatic carboxylic acids is 1. The van der Waals surface area contributed by atoms with Crippen molar-refractivity contribution in [2.75, 3.05) is 5.73 Å². The van der Waals surface area contributed by atoms with Gasteiger partial charge in [0.15, 0.2) is 18.0 Å². The standard InChI is InChI=1S/C8H6FN3O2S/c9-15-12-2-1-4-6(10)5(8(13)14)3-11-7(4)12/h1-3H,(H2,10,11)(H,13,14). The number of halogens is 1. The molecule has 0 radical (unpaired) electrons. The molecule has 0 aliphatic carbocycles. The van der Waals surface area contributed by atoms with E-state index >= 15 is 0 Å². The Hall–Kier alpha value is -1.76. The summed E-state index contributed by atoms with van der Waals surface area (Å²) in [5.41, 5.74) is 5.95. The second kappa shape index (κ2) is 3.43. The first kappa shape index (κ1) is 9.78. The van der Waals surface area contributed by atoms with E-state index in [-0.39, 0.29) is 23.6 Å². The highest BCUT2D eigenvalue weighted by Crippen LogP contribution is 2.26. The predicted octanol–water partition coefficient (Wildman–Crippen LogP) is 1.70. The molecule has 2 rings (SSSR count). The molecular formula is C8H6FN3O2S. The minimum atomic E-state index is -1.15. The number of nitrogens with zero attached hydrogens (tertiary/aromatic N) is 2. The molecule has 0 unspecified atom stereocenters. The number of anilines is 1. The van der Waals surface area contributed by atoms with Crippen LogP contribution in [-0.2, 0) is 0 Å². The highest BCUT2D eigenvalue weighted by atomic mass is 32.2. The third kappa shape index (κ3) is 1.40. The van der Waals surface area contributed by atoms with E-state index in [0.29, 0.717) is 11.0 Å². The molecule has 78 valence electrons. The topological polar surface area (TPSA) is 81.1 Å². The second-order valence-electron chi connectivity index (χ2n) is 2.84. The average molecular weight is 227 g/mol. The molecule has 0 fully saturated rings. The lowest BCUT2D eigenvalue weighted by atomic mass is 10.2. The fourth-order valence-corrected chi connectivity index (χ4v) is 1.63. The lowest BCUT2D eigenvalue weighted by Gasteiger charge is -2.02. The molecule has 0 aliphatic rings. The first-order valence-corrected chi connectivity index (χ1v) is 4.60. The third-order valence-corrected chi connectivity index (χ3v) is 2.47. The van der Waals surface area contributed by atoms with E-state index in [2.05, 4.69) is 4.98 Å². The molecule has 0 aromatic carbocycles. The van der Waals surface area contributed by atoms with Gasteiger partial charge in [0, 0.05) is 17.8 Å². The smallest absolute Gasteiger partial charge is 0.339 e. The highest BCUT2D eigenvalue weighted by Gasteiger charge is 2.14. The first-order chi connectivity index (χ1) is 7.15. The Balaban J connectivity index is 2.75. The Bertz CT molecular complexity index is 540. The number of rotatable bonds is 2. The number of aromatic nitrogens is 2. The van der Waals surface area contributed by atoms with E-state index in [4.69, 9.17) is 10.8 Å². The van der Waals surface area contributed by atoms with Crippen LogP contribution in [0.5, 0.6) is 0 Å². The van der Waals surface area contributed by atoms with E-state index in [9.17, 15) is 8.68 Å². The van der Waals surface area contributed by atoms with Crippen molar-refractivity contribution < 1.29 is 13.8 Å². The van der Waals surface area contributed by atoms with Gasteiger partial charge in [0.25, 0.3) is 0 Å². The normalized spacial score (nSPS) is 10.7. The Morgan fingerprint density at radius 2 is 2.40 bits per heavy atom. The fraction of sp³-hybridized carbons (Fsp3) is 0. The van der Waals surface area contributed by atoms with Crippen molar-refractivity contribution in [2.24, 2.45) is 0 Å². The highest BCUT2D eigenvalue weighted by molar-refractivity contribution is 7.92. The van der Waals surface area contributed by atoms with Crippen molar-refractivity contribution in [1.82, 2.24) is 8.96 Å². The molecular weight excluding hydrogens is 221 g/mol.